The van der Waals surface area contributed by atoms with Gasteiger partial charge in [-0.1, -0.05) is 0 Å². The number of hydrogen-bond acceptors (Lipinski definition) is 1. The first-order valence-electron chi connectivity index (χ1n) is 3.84. The number of nitrogens with one attached hydrogen (secondary N) is 1. The van der Waals surface area contributed by atoms with Gasteiger partial charge in [0.25, 0.3) is 0 Å². The maximum atomic E-state index is 12.3. The van der Waals surface area contributed by atoms with Gasteiger partial charge < -0.3 is 5.32 Å². The maximum Gasteiger partial charge on any atom is 0.394 e. The quantitative estimate of drug-likeness (QED) is 0.574. The fourth-order valence-corrected chi connectivity index (χ4v) is 2.03. The van der Waals surface area contributed by atoms with Gasteiger partial charge in [-0.3, -0.25) is 0 Å². The molecule has 2 rings (SSSR count). The Balaban J connectivity index is 2.13. The van der Waals surface area contributed by atoms with Crippen LogP contribution in [0, 0.1) is 11.3 Å². The van der Waals surface area contributed by atoms with E-state index in [1.54, 1.807) is 0 Å². The van der Waals surface area contributed by atoms with E-state index in [0.29, 0.717) is 19.5 Å². The Morgan fingerprint density at radius 3 is 2.55 bits per heavy atom. The fraction of sp³-hybridized carbons (Fsp3) is 1.00. The number of piperidine rings is 1. The molecule has 1 heterocycles. The van der Waals surface area contributed by atoms with Crippen molar-refractivity contribution in [3.63, 3.8) is 0 Å². The molecule has 1 saturated carbocycles. The highest BCUT2D eigenvalue weighted by molar-refractivity contribution is 5.10. The molecule has 0 aromatic rings. The van der Waals surface area contributed by atoms with Gasteiger partial charge in [0.1, 0.15) is 0 Å². The first-order chi connectivity index (χ1) is 5.06. The van der Waals surface area contributed by atoms with Crippen molar-refractivity contribution in [2.24, 2.45) is 11.3 Å². The van der Waals surface area contributed by atoms with Crippen LogP contribution in [0.4, 0.5) is 13.2 Å². The standard InChI is InChI=1S/C7H10F3N/c8-7(9,10)6-1-2-11-4-5(6)3-6/h5,11H,1-4H2/t5-,6-/m1/s1. The number of hydrogen-bond donors (Lipinski definition) is 1. The van der Waals surface area contributed by atoms with Gasteiger partial charge in [-0.05, 0) is 31.8 Å². The van der Waals surface area contributed by atoms with Crippen molar-refractivity contribution in [2.45, 2.75) is 19.0 Å². The molecule has 0 bridgehead atoms. The predicted octanol–water partition coefficient (Wildman–Crippen LogP) is 1.55. The van der Waals surface area contributed by atoms with E-state index in [1.807, 2.05) is 0 Å². The average Bonchev–Trinajstić information content (AvgIpc) is 2.59. The molecular formula is C7H10F3N. The van der Waals surface area contributed by atoms with Gasteiger partial charge in [-0.25, -0.2) is 0 Å². The van der Waals surface area contributed by atoms with Gasteiger partial charge in [0.05, 0.1) is 5.41 Å². The smallest absolute Gasteiger partial charge is 0.316 e. The van der Waals surface area contributed by atoms with Gasteiger partial charge >= 0.3 is 6.18 Å². The highest BCUT2D eigenvalue weighted by Crippen LogP contribution is 2.65. The molecule has 64 valence electrons. The van der Waals surface area contributed by atoms with Crippen LogP contribution in [0.3, 0.4) is 0 Å². The topological polar surface area (TPSA) is 12.0 Å². The molecule has 1 N–H and O–H groups in total. The second-order valence-electron chi connectivity index (χ2n) is 3.51. The summed E-state index contributed by atoms with van der Waals surface area (Å²) in [6, 6.07) is 0. The van der Waals surface area contributed by atoms with Gasteiger partial charge in [-0.2, -0.15) is 13.2 Å². The first-order valence-corrected chi connectivity index (χ1v) is 3.84. The Kier molecular flexibility index (Phi) is 1.29. The van der Waals surface area contributed by atoms with Crippen LogP contribution in [0.25, 0.3) is 0 Å². The molecule has 1 saturated heterocycles. The van der Waals surface area contributed by atoms with Crippen LogP contribution in [-0.4, -0.2) is 19.3 Å². The van der Waals surface area contributed by atoms with Crippen molar-refractivity contribution in [1.29, 1.82) is 0 Å². The Labute approximate surface area is 63.0 Å². The van der Waals surface area contributed by atoms with Crippen molar-refractivity contribution in [3.8, 4) is 0 Å². The van der Waals surface area contributed by atoms with Crippen molar-refractivity contribution in [2.75, 3.05) is 13.1 Å². The molecule has 1 aliphatic heterocycles. The zero-order chi connectivity index (χ0) is 8.11. The predicted molar refractivity (Wildman–Crippen MR) is 34.1 cm³/mol. The number of fused-ring (bicyclic) bond motifs is 1. The van der Waals surface area contributed by atoms with Crippen LogP contribution in [0.15, 0.2) is 0 Å². The summed E-state index contributed by atoms with van der Waals surface area (Å²) in [7, 11) is 0. The highest BCUT2D eigenvalue weighted by atomic mass is 19.4. The SMILES string of the molecule is FC(F)(F)[C@@]12CCNC[C@H]1C2. The van der Waals surface area contributed by atoms with Crippen LogP contribution in [0.1, 0.15) is 12.8 Å². The van der Waals surface area contributed by atoms with E-state index in [2.05, 4.69) is 5.32 Å². The first kappa shape index (κ1) is 7.40. The second kappa shape index (κ2) is 1.91. The lowest BCUT2D eigenvalue weighted by atomic mass is 9.96. The molecule has 4 heteroatoms. The highest BCUT2D eigenvalue weighted by Gasteiger charge is 2.70. The van der Waals surface area contributed by atoms with E-state index in [4.69, 9.17) is 0 Å². The third kappa shape index (κ3) is 0.883. The molecule has 2 aliphatic rings. The molecule has 2 atom stereocenters. The Morgan fingerprint density at radius 1 is 1.36 bits per heavy atom. The van der Waals surface area contributed by atoms with Crippen molar-refractivity contribution in [1.82, 2.24) is 5.32 Å². The largest absolute Gasteiger partial charge is 0.394 e. The third-order valence-electron chi connectivity index (χ3n) is 2.94. The molecule has 0 amide bonds. The maximum absolute atomic E-state index is 12.3. The molecule has 0 aromatic carbocycles. The zero-order valence-electron chi connectivity index (χ0n) is 6.04. The summed E-state index contributed by atoms with van der Waals surface area (Å²) in [5.74, 6) is -0.128. The van der Waals surface area contributed by atoms with Gasteiger partial charge in [-0.15, -0.1) is 0 Å². The van der Waals surface area contributed by atoms with E-state index in [9.17, 15) is 13.2 Å². The lowest BCUT2D eigenvalue weighted by Gasteiger charge is -2.25. The third-order valence-corrected chi connectivity index (χ3v) is 2.94. The number of halogens is 3. The Hall–Kier alpha value is -0.250. The molecule has 0 aromatic heterocycles. The fourth-order valence-electron chi connectivity index (χ4n) is 2.03. The van der Waals surface area contributed by atoms with Crippen LogP contribution in [0.5, 0.6) is 0 Å². The van der Waals surface area contributed by atoms with Crippen LogP contribution >= 0.6 is 0 Å². The van der Waals surface area contributed by atoms with Gasteiger partial charge in [0, 0.05) is 0 Å². The Bertz CT molecular complexity index is 177. The summed E-state index contributed by atoms with van der Waals surface area (Å²) >= 11 is 0. The minimum absolute atomic E-state index is 0.128. The lowest BCUT2D eigenvalue weighted by Crippen LogP contribution is -2.37. The van der Waals surface area contributed by atoms with E-state index in [-0.39, 0.29) is 12.3 Å². The normalized spacial score (nSPS) is 43.4. The second-order valence-corrected chi connectivity index (χ2v) is 3.51. The minimum atomic E-state index is -3.96. The molecule has 0 spiro atoms. The monoisotopic (exact) mass is 165 g/mol. The zero-order valence-corrected chi connectivity index (χ0v) is 6.04. The van der Waals surface area contributed by atoms with E-state index in [1.165, 1.54) is 0 Å². The molecule has 2 fully saturated rings. The van der Waals surface area contributed by atoms with Crippen molar-refractivity contribution < 1.29 is 13.2 Å². The number of alkyl halides is 3. The van der Waals surface area contributed by atoms with Crippen LogP contribution < -0.4 is 5.32 Å². The summed E-state index contributed by atoms with van der Waals surface area (Å²) in [4.78, 5) is 0. The van der Waals surface area contributed by atoms with Gasteiger partial charge in [0.2, 0.25) is 0 Å². The van der Waals surface area contributed by atoms with Crippen LogP contribution in [0.2, 0.25) is 0 Å². The molecule has 0 radical (unpaired) electrons. The lowest BCUT2D eigenvalue weighted by molar-refractivity contribution is -0.195. The van der Waals surface area contributed by atoms with Crippen molar-refractivity contribution >= 4 is 0 Å². The summed E-state index contributed by atoms with van der Waals surface area (Å²) in [5, 5.41) is 2.97. The average molecular weight is 165 g/mol. The number of rotatable bonds is 0. The van der Waals surface area contributed by atoms with E-state index >= 15 is 0 Å². The summed E-state index contributed by atoms with van der Waals surface area (Å²) in [6.45, 7) is 1.08. The summed E-state index contributed by atoms with van der Waals surface area (Å²) in [6.07, 6.45) is -3.33. The molecule has 1 nitrogen and oxygen atoms in total. The summed E-state index contributed by atoms with van der Waals surface area (Å²) < 4.78 is 37.0. The molecule has 1 aliphatic carbocycles. The van der Waals surface area contributed by atoms with Gasteiger partial charge in [0.15, 0.2) is 0 Å². The van der Waals surface area contributed by atoms with E-state index < -0.39 is 11.6 Å². The Morgan fingerprint density at radius 2 is 2.09 bits per heavy atom. The van der Waals surface area contributed by atoms with Crippen molar-refractivity contribution in [3.05, 3.63) is 0 Å². The molecule has 0 unspecified atom stereocenters. The molecule has 11 heavy (non-hydrogen) atoms. The molecular weight excluding hydrogens is 155 g/mol. The van der Waals surface area contributed by atoms with Crippen LogP contribution in [-0.2, 0) is 0 Å². The summed E-state index contributed by atoms with van der Waals surface area (Å²) in [5.41, 5.74) is -1.28. The van der Waals surface area contributed by atoms with E-state index in [0.717, 1.165) is 0 Å². The minimum Gasteiger partial charge on any atom is -0.316 e.